The van der Waals surface area contributed by atoms with E-state index in [9.17, 15) is 4.79 Å². The van der Waals surface area contributed by atoms with Gasteiger partial charge in [-0.1, -0.05) is 30.3 Å². The fourth-order valence-corrected chi connectivity index (χ4v) is 4.92. The number of nitrogens with zero attached hydrogens (tertiary/aromatic N) is 3. The smallest absolute Gasteiger partial charge is 0.407 e. The Kier molecular flexibility index (Phi) is 7.43. The van der Waals surface area contributed by atoms with Crippen LogP contribution in [0.4, 0.5) is 10.6 Å². The van der Waals surface area contributed by atoms with Crippen molar-refractivity contribution in [1.29, 1.82) is 0 Å². The van der Waals surface area contributed by atoms with E-state index in [4.69, 9.17) is 14.7 Å². The minimum absolute atomic E-state index is 0.126. The molecular weight excluding hydrogens is 514 g/mol. The van der Waals surface area contributed by atoms with E-state index in [1.807, 2.05) is 56.5 Å². The molecular formula is C25H26BrN5O2S. The molecule has 176 valence electrons. The van der Waals surface area contributed by atoms with Crippen LogP contribution < -0.4 is 10.6 Å². The number of carbonyl (C=O) groups excluding carboxylic acids is 1. The number of ether oxygens (including phenoxy) is 1. The van der Waals surface area contributed by atoms with Crippen molar-refractivity contribution in [3.63, 3.8) is 0 Å². The third-order valence-corrected chi connectivity index (χ3v) is 6.75. The Bertz CT molecular complexity index is 1260. The molecule has 0 bridgehead atoms. The van der Waals surface area contributed by atoms with E-state index in [0.29, 0.717) is 18.8 Å². The second kappa shape index (κ2) is 10.5. The molecule has 0 fully saturated rings. The molecule has 34 heavy (non-hydrogen) atoms. The zero-order valence-electron chi connectivity index (χ0n) is 19.2. The summed E-state index contributed by atoms with van der Waals surface area (Å²) >= 11 is 5.18. The highest BCUT2D eigenvalue weighted by Gasteiger charge is 2.20. The SMILES string of the molecule is CC(C)(C)OC(=O)NC[C@@H](Cc1ccccc1)Nc1nc(-c2ccncc2)nc2c(Br)csc12. The maximum absolute atomic E-state index is 12.3. The summed E-state index contributed by atoms with van der Waals surface area (Å²) in [6.45, 7) is 5.91. The van der Waals surface area contributed by atoms with Crippen LogP contribution in [0.25, 0.3) is 21.6 Å². The number of thiophene rings is 1. The Morgan fingerprint density at radius 1 is 1.12 bits per heavy atom. The Balaban J connectivity index is 1.64. The molecule has 0 aliphatic rings. The second-order valence-corrected chi connectivity index (χ2v) is 10.5. The lowest BCUT2D eigenvalue weighted by atomic mass is 10.1. The van der Waals surface area contributed by atoms with Crippen LogP contribution in [0, 0.1) is 0 Å². The summed E-state index contributed by atoms with van der Waals surface area (Å²) in [6, 6.07) is 13.8. The molecule has 2 N–H and O–H groups in total. The third kappa shape index (κ3) is 6.30. The van der Waals surface area contributed by atoms with Gasteiger partial charge in [0.2, 0.25) is 0 Å². The van der Waals surface area contributed by atoms with E-state index >= 15 is 0 Å². The molecule has 7 nitrogen and oxygen atoms in total. The quantitative estimate of drug-likeness (QED) is 0.296. The molecule has 3 heterocycles. The highest BCUT2D eigenvalue weighted by molar-refractivity contribution is 9.10. The van der Waals surface area contributed by atoms with Crippen molar-refractivity contribution >= 4 is 49.4 Å². The minimum atomic E-state index is -0.562. The average Bonchev–Trinajstić information content (AvgIpc) is 3.18. The van der Waals surface area contributed by atoms with Gasteiger partial charge in [-0.05, 0) is 60.8 Å². The normalized spacial score (nSPS) is 12.4. The standard InChI is InChI=1S/C25H26BrN5O2S/c1-25(2,3)33-24(32)28-14-18(13-16-7-5-4-6-8-16)29-23-21-20(19(26)15-34-21)30-22(31-23)17-9-11-27-12-10-17/h4-12,15,18H,13-14H2,1-3H3,(H,28,32)(H,29,30,31)/t18-/m1/s1. The molecule has 0 radical (unpaired) electrons. The van der Waals surface area contributed by atoms with Crippen LogP contribution in [-0.2, 0) is 11.2 Å². The molecule has 0 spiro atoms. The number of alkyl carbamates (subject to hydrolysis) is 1. The van der Waals surface area contributed by atoms with Crippen molar-refractivity contribution in [2.75, 3.05) is 11.9 Å². The molecule has 0 aliphatic carbocycles. The Labute approximate surface area is 211 Å². The van der Waals surface area contributed by atoms with Gasteiger partial charge in [0.25, 0.3) is 0 Å². The number of halogens is 1. The summed E-state index contributed by atoms with van der Waals surface area (Å²) in [5.74, 6) is 1.33. The molecule has 4 aromatic rings. The topological polar surface area (TPSA) is 89.0 Å². The lowest BCUT2D eigenvalue weighted by Crippen LogP contribution is -2.40. The van der Waals surface area contributed by atoms with Gasteiger partial charge in [-0.25, -0.2) is 14.8 Å². The van der Waals surface area contributed by atoms with Crippen molar-refractivity contribution in [3.8, 4) is 11.4 Å². The highest BCUT2D eigenvalue weighted by Crippen LogP contribution is 2.35. The maximum atomic E-state index is 12.3. The summed E-state index contributed by atoms with van der Waals surface area (Å²) in [7, 11) is 0. The van der Waals surface area contributed by atoms with Gasteiger partial charge in [0, 0.05) is 35.9 Å². The van der Waals surface area contributed by atoms with Crippen LogP contribution in [0.2, 0.25) is 0 Å². The first-order chi connectivity index (χ1) is 16.3. The molecule has 1 amide bonds. The summed E-state index contributed by atoms with van der Waals surface area (Å²) in [5.41, 5.74) is 2.31. The molecule has 0 saturated carbocycles. The van der Waals surface area contributed by atoms with Crippen LogP contribution in [0.1, 0.15) is 26.3 Å². The molecule has 1 atom stereocenters. The van der Waals surface area contributed by atoms with Crippen molar-refractivity contribution in [2.45, 2.75) is 38.8 Å². The minimum Gasteiger partial charge on any atom is -0.444 e. The number of benzene rings is 1. The molecule has 3 aromatic heterocycles. The maximum Gasteiger partial charge on any atom is 0.407 e. The van der Waals surface area contributed by atoms with E-state index in [-0.39, 0.29) is 6.04 Å². The number of aromatic nitrogens is 3. The molecule has 0 aliphatic heterocycles. The number of carbonyl (C=O) groups is 1. The molecule has 0 unspecified atom stereocenters. The third-order valence-electron chi connectivity index (χ3n) is 4.87. The first-order valence-corrected chi connectivity index (χ1v) is 12.6. The number of amides is 1. The number of pyridine rings is 1. The highest BCUT2D eigenvalue weighted by atomic mass is 79.9. The van der Waals surface area contributed by atoms with Crippen molar-refractivity contribution < 1.29 is 9.53 Å². The summed E-state index contributed by atoms with van der Waals surface area (Å²) in [4.78, 5) is 26.0. The summed E-state index contributed by atoms with van der Waals surface area (Å²) < 4.78 is 7.29. The van der Waals surface area contributed by atoms with Crippen LogP contribution >= 0.6 is 27.3 Å². The molecule has 0 saturated heterocycles. The van der Waals surface area contributed by atoms with Gasteiger partial charge in [-0.3, -0.25) is 4.98 Å². The van der Waals surface area contributed by atoms with E-state index in [2.05, 4.69) is 43.7 Å². The molecule has 9 heteroatoms. The monoisotopic (exact) mass is 539 g/mol. The lowest BCUT2D eigenvalue weighted by molar-refractivity contribution is 0.0525. The lowest BCUT2D eigenvalue weighted by Gasteiger charge is -2.23. The van der Waals surface area contributed by atoms with Crippen LogP contribution in [0.3, 0.4) is 0 Å². The van der Waals surface area contributed by atoms with E-state index in [0.717, 1.165) is 31.6 Å². The first-order valence-electron chi connectivity index (χ1n) is 10.9. The molecule has 1 aromatic carbocycles. The summed E-state index contributed by atoms with van der Waals surface area (Å²) in [6.07, 6.45) is 3.69. The fourth-order valence-electron chi connectivity index (χ4n) is 3.41. The fraction of sp³-hybridized carbons (Fsp3) is 0.280. The number of rotatable bonds is 7. The second-order valence-electron chi connectivity index (χ2n) is 8.81. The summed E-state index contributed by atoms with van der Waals surface area (Å²) in [5, 5.41) is 8.47. The number of fused-ring (bicyclic) bond motifs is 1. The van der Waals surface area contributed by atoms with Gasteiger partial charge in [0.15, 0.2) is 5.82 Å². The predicted molar refractivity (Wildman–Crippen MR) is 140 cm³/mol. The number of hydrogen-bond acceptors (Lipinski definition) is 7. The number of anilines is 1. The molecule has 4 rings (SSSR count). The van der Waals surface area contributed by atoms with Crippen LogP contribution in [0.15, 0.2) is 64.7 Å². The van der Waals surface area contributed by atoms with Gasteiger partial charge in [-0.2, -0.15) is 0 Å². The van der Waals surface area contributed by atoms with E-state index in [1.54, 1.807) is 23.7 Å². The largest absolute Gasteiger partial charge is 0.444 e. The van der Waals surface area contributed by atoms with Crippen LogP contribution in [0.5, 0.6) is 0 Å². The zero-order chi connectivity index (χ0) is 24.1. The van der Waals surface area contributed by atoms with Gasteiger partial charge in [-0.15, -0.1) is 11.3 Å². The van der Waals surface area contributed by atoms with Gasteiger partial charge >= 0.3 is 6.09 Å². The van der Waals surface area contributed by atoms with E-state index < -0.39 is 11.7 Å². The van der Waals surface area contributed by atoms with Crippen molar-refractivity contribution in [3.05, 3.63) is 70.3 Å². The average molecular weight is 540 g/mol. The Hall–Kier alpha value is -3.04. The van der Waals surface area contributed by atoms with Crippen molar-refractivity contribution in [2.24, 2.45) is 0 Å². The van der Waals surface area contributed by atoms with Crippen LogP contribution in [-0.4, -0.2) is 39.2 Å². The van der Waals surface area contributed by atoms with Gasteiger partial charge in [0.05, 0.1) is 9.17 Å². The zero-order valence-corrected chi connectivity index (χ0v) is 21.6. The first kappa shape index (κ1) is 24.1. The van der Waals surface area contributed by atoms with Gasteiger partial charge < -0.3 is 15.4 Å². The Morgan fingerprint density at radius 2 is 1.85 bits per heavy atom. The van der Waals surface area contributed by atoms with Gasteiger partial charge in [0.1, 0.15) is 16.9 Å². The number of hydrogen-bond donors (Lipinski definition) is 2. The van der Waals surface area contributed by atoms with Crippen molar-refractivity contribution in [1.82, 2.24) is 20.3 Å². The number of nitrogens with one attached hydrogen (secondary N) is 2. The van der Waals surface area contributed by atoms with E-state index in [1.165, 1.54) is 0 Å². The Morgan fingerprint density at radius 3 is 2.56 bits per heavy atom. The predicted octanol–water partition coefficient (Wildman–Crippen LogP) is 6.06.